The van der Waals surface area contributed by atoms with Crippen LogP contribution in [0.4, 0.5) is 5.95 Å². The van der Waals surface area contributed by atoms with Crippen LogP contribution in [0.1, 0.15) is 36.1 Å². The minimum atomic E-state index is -0.325. The highest BCUT2D eigenvalue weighted by Gasteiger charge is 2.40. The number of hydrogen-bond acceptors (Lipinski definition) is 6. The Kier molecular flexibility index (Phi) is 4.50. The summed E-state index contributed by atoms with van der Waals surface area (Å²) in [5.41, 5.74) is 4.44. The maximum absolute atomic E-state index is 13.6. The Bertz CT molecular complexity index is 1400. The number of furan rings is 1. The van der Waals surface area contributed by atoms with Crippen molar-refractivity contribution in [3.05, 3.63) is 83.5 Å². The monoisotopic (exact) mass is 441 g/mol. The average molecular weight is 441 g/mol. The Balaban J connectivity index is 1.55. The third-order valence-electron chi connectivity index (χ3n) is 6.57. The molecule has 33 heavy (non-hydrogen) atoms. The summed E-state index contributed by atoms with van der Waals surface area (Å²) in [6.07, 6.45) is 2.74. The maximum atomic E-state index is 13.6. The molecule has 4 aromatic rings. The lowest BCUT2D eigenvalue weighted by molar-refractivity contribution is -0.116. The molecule has 1 aliphatic heterocycles. The number of carbonyl (C=O) groups excluding carboxylic acids is 1. The van der Waals surface area contributed by atoms with Gasteiger partial charge in [0.05, 0.1) is 37.6 Å². The summed E-state index contributed by atoms with van der Waals surface area (Å²) in [5.74, 6) is 2.93. The van der Waals surface area contributed by atoms with Gasteiger partial charge in [0.2, 0.25) is 5.95 Å². The highest BCUT2D eigenvalue weighted by atomic mass is 16.5. The zero-order valence-electron chi connectivity index (χ0n) is 18.4. The number of nitrogens with one attached hydrogen (secondary N) is 1. The Morgan fingerprint density at radius 1 is 1.03 bits per heavy atom. The molecule has 0 fully saturated rings. The second-order valence-electron chi connectivity index (χ2n) is 8.37. The third kappa shape index (κ3) is 3.03. The van der Waals surface area contributed by atoms with Crippen molar-refractivity contribution in [3.8, 4) is 11.5 Å². The molecule has 0 amide bonds. The van der Waals surface area contributed by atoms with E-state index in [0.29, 0.717) is 24.3 Å². The number of Topliss-reactive ketones (excluding diaryl/α,β-unsaturated/α-hetero) is 1. The number of rotatable bonds is 4. The number of methoxy groups -OCH3 is 2. The molecule has 3 heterocycles. The van der Waals surface area contributed by atoms with Gasteiger partial charge in [-0.1, -0.05) is 18.2 Å². The van der Waals surface area contributed by atoms with Crippen molar-refractivity contribution < 1.29 is 18.7 Å². The third-order valence-corrected chi connectivity index (χ3v) is 6.57. The summed E-state index contributed by atoms with van der Waals surface area (Å²) in [6.45, 7) is 0. The first kappa shape index (κ1) is 19.7. The van der Waals surface area contributed by atoms with Gasteiger partial charge in [-0.2, -0.15) is 0 Å². The van der Waals surface area contributed by atoms with Crippen molar-refractivity contribution in [1.82, 2.24) is 9.55 Å². The van der Waals surface area contributed by atoms with Crippen LogP contribution in [0.25, 0.3) is 11.0 Å². The van der Waals surface area contributed by atoms with E-state index in [1.54, 1.807) is 20.5 Å². The first-order valence-corrected chi connectivity index (χ1v) is 10.9. The van der Waals surface area contributed by atoms with Crippen molar-refractivity contribution in [2.45, 2.75) is 24.8 Å². The topological polar surface area (TPSA) is 78.5 Å². The fourth-order valence-electron chi connectivity index (χ4n) is 5.09. The molecule has 2 atom stereocenters. The molecule has 0 unspecified atom stereocenters. The first-order chi connectivity index (χ1) is 16.2. The van der Waals surface area contributed by atoms with Crippen LogP contribution in [0.2, 0.25) is 0 Å². The standard InChI is InChI=1S/C26H23N3O4/c1-31-22-10-9-15(14-23(22)32-2)25-24-18(12-16(13-20(24)30)21-8-5-11-33-21)28-26-27-17-6-3-4-7-19(17)29(25)26/h3-11,14,16,25H,12-13H2,1-2H3,(H,27,28)/t16-,25-/m1/s1. The van der Waals surface area contributed by atoms with E-state index in [9.17, 15) is 4.79 Å². The van der Waals surface area contributed by atoms with E-state index in [0.717, 1.165) is 39.6 Å². The van der Waals surface area contributed by atoms with E-state index in [2.05, 4.69) is 9.88 Å². The van der Waals surface area contributed by atoms with Gasteiger partial charge in [0, 0.05) is 23.6 Å². The summed E-state index contributed by atoms with van der Waals surface area (Å²) in [6, 6.07) is 17.3. The van der Waals surface area contributed by atoms with E-state index in [1.807, 2.05) is 54.6 Å². The van der Waals surface area contributed by atoms with Crippen molar-refractivity contribution >= 4 is 22.8 Å². The minimum absolute atomic E-state index is 0.000678. The summed E-state index contributed by atoms with van der Waals surface area (Å²) in [7, 11) is 3.23. The number of fused-ring (bicyclic) bond motifs is 3. The smallest absolute Gasteiger partial charge is 0.209 e. The molecular formula is C26H23N3O4. The van der Waals surface area contributed by atoms with Crippen LogP contribution in [0.3, 0.4) is 0 Å². The highest BCUT2D eigenvalue weighted by Crippen LogP contribution is 2.47. The summed E-state index contributed by atoms with van der Waals surface area (Å²) < 4.78 is 18.8. The second-order valence-corrected chi connectivity index (χ2v) is 8.37. The number of para-hydroxylation sites is 2. The number of allylic oxidation sites excluding steroid dienone is 2. The SMILES string of the molecule is COc1ccc([C@@H]2C3=C(C[C@@H](c4ccco4)CC3=O)Nc3nc4ccccc4n32)cc1OC. The van der Waals surface area contributed by atoms with Crippen molar-refractivity contribution in [1.29, 1.82) is 0 Å². The van der Waals surface area contributed by atoms with Crippen LogP contribution < -0.4 is 14.8 Å². The van der Waals surface area contributed by atoms with Gasteiger partial charge in [-0.25, -0.2) is 4.98 Å². The van der Waals surface area contributed by atoms with E-state index < -0.39 is 0 Å². The molecule has 7 heteroatoms. The van der Waals surface area contributed by atoms with Gasteiger partial charge in [0.1, 0.15) is 5.76 Å². The molecule has 2 aliphatic rings. The zero-order chi connectivity index (χ0) is 22.5. The number of carbonyl (C=O) groups is 1. The number of imidazole rings is 1. The molecule has 6 rings (SSSR count). The summed E-state index contributed by atoms with van der Waals surface area (Å²) in [4.78, 5) is 18.5. The number of nitrogens with zero attached hydrogens (tertiary/aromatic N) is 2. The van der Waals surface area contributed by atoms with Crippen LogP contribution in [0, 0.1) is 0 Å². The second kappa shape index (κ2) is 7.55. The number of hydrogen-bond donors (Lipinski definition) is 1. The van der Waals surface area contributed by atoms with Gasteiger partial charge < -0.3 is 19.2 Å². The number of ketones is 1. The molecule has 2 aromatic carbocycles. The van der Waals surface area contributed by atoms with E-state index in [4.69, 9.17) is 18.9 Å². The predicted molar refractivity (Wildman–Crippen MR) is 124 cm³/mol. The predicted octanol–water partition coefficient (Wildman–Crippen LogP) is 5.06. The zero-order valence-corrected chi connectivity index (χ0v) is 18.4. The Labute approximate surface area is 190 Å². The fraction of sp³-hybridized carbons (Fsp3) is 0.231. The lowest BCUT2D eigenvalue weighted by Gasteiger charge is -2.36. The molecule has 1 N–H and O–H groups in total. The largest absolute Gasteiger partial charge is 0.493 e. The molecule has 7 nitrogen and oxygen atoms in total. The normalized spacial score (nSPS) is 19.8. The Morgan fingerprint density at radius 2 is 1.88 bits per heavy atom. The van der Waals surface area contributed by atoms with Gasteiger partial charge in [-0.3, -0.25) is 9.36 Å². The summed E-state index contributed by atoms with van der Waals surface area (Å²) >= 11 is 0. The molecule has 166 valence electrons. The van der Waals surface area contributed by atoms with E-state index in [1.165, 1.54) is 0 Å². The van der Waals surface area contributed by atoms with Crippen molar-refractivity contribution in [2.24, 2.45) is 0 Å². The van der Waals surface area contributed by atoms with Gasteiger partial charge in [0.25, 0.3) is 0 Å². The van der Waals surface area contributed by atoms with Gasteiger partial charge in [-0.15, -0.1) is 0 Å². The van der Waals surface area contributed by atoms with Gasteiger partial charge >= 0.3 is 0 Å². The molecule has 0 saturated carbocycles. The number of anilines is 1. The van der Waals surface area contributed by atoms with Crippen LogP contribution in [-0.2, 0) is 4.79 Å². The van der Waals surface area contributed by atoms with E-state index >= 15 is 0 Å². The number of aromatic nitrogens is 2. The molecule has 0 spiro atoms. The Hall–Kier alpha value is -4.00. The van der Waals surface area contributed by atoms with Crippen LogP contribution in [0.5, 0.6) is 11.5 Å². The lowest BCUT2D eigenvalue weighted by Crippen LogP contribution is -2.33. The molecule has 2 aromatic heterocycles. The minimum Gasteiger partial charge on any atom is -0.493 e. The number of ether oxygens (including phenoxy) is 2. The molecular weight excluding hydrogens is 418 g/mol. The van der Waals surface area contributed by atoms with Crippen molar-refractivity contribution in [3.63, 3.8) is 0 Å². The lowest BCUT2D eigenvalue weighted by atomic mass is 9.79. The van der Waals surface area contributed by atoms with Crippen LogP contribution in [-0.4, -0.2) is 29.6 Å². The number of benzene rings is 2. The first-order valence-electron chi connectivity index (χ1n) is 10.9. The molecule has 0 radical (unpaired) electrons. The quantitative estimate of drug-likeness (QED) is 0.477. The maximum Gasteiger partial charge on any atom is 0.209 e. The highest BCUT2D eigenvalue weighted by molar-refractivity contribution is 6.01. The van der Waals surface area contributed by atoms with Gasteiger partial charge in [0.15, 0.2) is 17.3 Å². The Morgan fingerprint density at radius 3 is 2.67 bits per heavy atom. The fourth-order valence-corrected chi connectivity index (χ4v) is 5.09. The molecule has 0 saturated heterocycles. The van der Waals surface area contributed by atoms with Gasteiger partial charge in [-0.05, 0) is 48.4 Å². The van der Waals surface area contributed by atoms with Crippen LogP contribution >= 0.6 is 0 Å². The molecule has 1 aliphatic carbocycles. The van der Waals surface area contributed by atoms with E-state index in [-0.39, 0.29) is 17.7 Å². The summed E-state index contributed by atoms with van der Waals surface area (Å²) in [5, 5.41) is 3.47. The van der Waals surface area contributed by atoms with Crippen LogP contribution in [0.15, 0.2) is 76.5 Å². The average Bonchev–Trinajstić information content (AvgIpc) is 3.50. The van der Waals surface area contributed by atoms with Crippen molar-refractivity contribution in [2.75, 3.05) is 19.5 Å². The molecule has 0 bridgehead atoms.